The third-order valence-corrected chi connectivity index (χ3v) is 1.97. The predicted molar refractivity (Wildman–Crippen MR) is 43.6 cm³/mol. The van der Waals surface area contributed by atoms with Gasteiger partial charge in [0.2, 0.25) is 0 Å². The Morgan fingerprint density at radius 3 is 2.80 bits per heavy atom. The minimum atomic E-state index is 0.241. The van der Waals surface area contributed by atoms with Crippen LogP contribution in [0.2, 0.25) is 0 Å². The maximum absolute atomic E-state index is 5.75. The largest absolute Gasteiger partial charge is 0.316 e. The van der Waals surface area contributed by atoms with Crippen molar-refractivity contribution in [3.05, 3.63) is 0 Å². The van der Waals surface area contributed by atoms with Crippen molar-refractivity contribution in [1.29, 1.82) is 0 Å². The molecule has 10 heavy (non-hydrogen) atoms. The summed E-state index contributed by atoms with van der Waals surface area (Å²) >= 11 is 0. The molecule has 2 nitrogen and oxygen atoms in total. The van der Waals surface area contributed by atoms with Gasteiger partial charge in [-0.1, -0.05) is 13.3 Å². The molecule has 0 radical (unpaired) electrons. The Hall–Kier alpha value is -0.0800. The summed E-state index contributed by atoms with van der Waals surface area (Å²) in [7, 11) is 0. The molecule has 1 aliphatic carbocycles. The van der Waals surface area contributed by atoms with E-state index in [1.165, 1.54) is 19.3 Å². The first kappa shape index (κ1) is 8.02. The van der Waals surface area contributed by atoms with Gasteiger partial charge in [0.1, 0.15) is 0 Å². The molecule has 0 spiro atoms. The van der Waals surface area contributed by atoms with Crippen molar-refractivity contribution in [3.8, 4) is 0 Å². The van der Waals surface area contributed by atoms with Gasteiger partial charge in [0.25, 0.3) is 0 Å². The van der Waals surface area contributed by atoms with Crippen molar-refractivity contribution in [2.75, 3.05) is 6.54 Å². The molecule has 1 fully saturated rings. The Labute approximate surface area is 63.2 Å². The van der Waals surface area contributed by atoms with Crippen LogP contribution in [0.25, 0.3) is 0 Å². The molecule has 3 N–H and O–H groups in total. The van der Waals surface area contributed by atoms with E-state index in [0.717, 1.165) is 18.9 Å². The standard InChI is InChI=1S/C8H18N2/c1-2-3-8(9)10-6-7-4-5-7/h7-8,10H,2-6,9H2,1H3/t8-/m0/s1. The Morgan fingerprint density at radius 2 is 2.30 bits per heavy atom. The normalized spacial score (nSPS) is 21.0. The summed E-state index contributed by atoms with van der Waals surface area (Å²) < 4.78 is 0. The van der Waals surface area contributed by atoms with E-state index in [1.807, 2.05) is 0 Å². The van der Waals surface area contributed by atoms with Gasteiger partial charge in [0, 0.05) is 0 Å². The monoisotopic (exact) mass is 142 g/mol. The average Bonchev–Trinajstić information content (AvgIpc) is 2.67. The number of nitrogens with one attached hydrogen (secondary N) is 1. The van der Waals surface area contributed by atoms with E-state index in [2.05, 4.69) is 12.2 Å². The number of hydrogen-bond donors (Lipinski definition) is 2. The Kier molecular flexibility index (Phi) is 3.16. The molecular formula is C8H18N2. The van der Waals surface area contributed by atoms with Crippen LogP contribution in [0.15, 0.2) is 0 Å². The lowest BCUT2D eigenvalue weighted by atomic mass is 10.3. The van der Waals surface area contributed by atoms with Gasteiger partial charge >= 0.3 is 0 Å². The van der Waals surface area contributed by atoms with E-state index < -0.39 is 0 Å². The first-order valence-electron chi connectivity index (χ1n) is 4.32. The van der Waals surface area contributed by atoms with Gasteiger partial charge in [-0.2, -0.15) is 0 Å². The maximum Gasteiger partial charge on any atom is 0.0546 e. The van der Waals surface area contributed by atoms with Gasteiger partial charge in [0.15, 0.2) is 0 Å². The Bertz CT molecular complexity index is 89.3. The molecule has 2 heteroatoms. The molecular weight excluding hydrogens is 124 g/mol. The number of nitrogens with two attached hydrogens (primary N) is 1. The molecule has 0 heterocycles. The van der Waals surface area contributed by atoms with Crippen molar-refractivity contribution in [2.45, 2.75) is 38.8 Å². The Balaban J connectivity index is 1.89. The highest BCUT2D eigenvalue weighted by atomic mass is 15.0. The summed E-state index contributed by atoms with van der Waals surface area (Å²) in [6.45, 7) is 3.31. The van der Waals surface area contributed by atoms with Crippen LogP contribution in [0, 0.1) is 5.92 Å². The maximum atomic E-state index is 5.75. The van der Waals surface area contributed by atoms with E-state index in [-0.39, 0.29) is 6.17 Å². The zero-order chi connectivity index (χ0) is 7.40. The summed E-state index contributed by atoms with van der Waals surface area (Å²) in [5, 5.41) is 3.32. The van der Waals surface area contributed by atoms with Crippen LogP contribution in [0.1, 0.15) is 32.6 Å². The van der Waals surface area contributed by atoms with E-state index in [9.17, 15) is 0 Å². The smallest absolute Gasteiger partial charge is 0.0546 e. The topological polar surface area (TPSA) is 38.0 Å². The van der Waals surface area contributed by atoms with Crippen molar-refractivity contribution >= 4 is 0 Å². The summed E-state index contributed by atoms with van der Waals surface area (Å²) in [5.41, 5.74) is 5.75. The lowest BCUT2D eigenvalue weighted by Gasteiger charge is -2.11. The Morgan fingerprint density at radius 1 is 1.60 bits per heavy atom. The third kappa shape index (κ3) is 3.18. The fourth-order valence-electron chi connectivity index (χ4n) is 1.05. The molecule has 1 atom stereocenters. The molecule has 0 aromatic rings. The van der Waals surface area contributed by atoms with Gasteiger partial charge < -0.3 is 11.1 Å². The number of hydrogen-bond acceptors (Lipinski definition) is 2. The molecule has 0 aromatic heterocycles. The van der Waals surface area contributed by atoms with E-state index in [1.54, 1.807) is 0 Å². The number of rotatable bonds is 5. The van der Waals surface area contributed by atoms with Crippen LogP contribution >= 0.6 is 0 Å². The van der Waals surface area contributed by atoms with Crippen LogP contribution in [-0.4, -0.2) is 12.7 Å². The second-order valence-corrected chi connectivity index (χ2v) is 3.25. The van der Waals surface area contributed by atoms with Crippen LogP contribution < -0.4 is 11.1 Å². The molecule has 0 amide bonds. The highest BCUT2D eigenvalue weighted by Crippen LogP contribution is 2.27. The zero-order valence-corrected chi connectivity index (χ0v) is 6.77. The summed E-state index contributed by atoms with van der Waals surface area (Å²) in [5.74, 6) is 0.947. The third-order valence-electron chi connectivity index (χ3n) is 1.97. The summed E-state index contributed by atoms with van der Waals surface area (Å²) in [6, 6.07) is 0. The quantitative estimate of drug-likeness (QED) is 0.563. The minimum absolute atomic E-state index is 0.241. The van der Waals surface area contributed by atoms with Crippen LogP contribution in [0.3, 0.4) is 0 Å². The summed E-state index contributed by atoms with van der Waals surface area (Å²) in [6.07, 6.45) is 5.34. The molecule has 0 bridgehead atoms. The molecule has 1 rings (SSSR count). The van der Waals surface area contributed by atoms with Crippen molar-refractivity contribution in [3.63, 3.8) is 0 Å². The second-order valence-electron chi connectivity index (χ2n) is 3.25. The lowest BCUT2D eigenvalue weighted by Crippen LogP contribution is -2.38. The fourth-order valence-corrected chi connectivity index (χ4v) is 1.05. The van der Waals surface area contributed by atoms with E-state index in [4.69, 9.17) is 5.73 Å². The molecule has 0 aliphatic heterocycles. The van der Waals surface area contributed by atoms with Crippen molar-refractivity contribution < 1.29 is 0 Å². The van der Waals surface area contributed by atoms with Gasteiger partial charge in [-0.25, -0.2) is 0 Å². The lowest BCUT2D eigenvalue weighted by molar-refractivity contribution is 0.477. The molecule has 0 unspecified atom stereocenters. The van der Waals surface area contributed by atoms with Gasteiger partial charge in [-0.05, 0) is 31.7 Å². The van der Waals surface area contributed by atoms with E-state index >= 15 is 0 Å². The highest BCUT2D eigenvalue weighted by Gasteiger charge is 2.20. The van der Waals surface area contributed by atoms with E-state index in [0.29, 0.717) is 0 Å². The fraction of sp³-hybridized carbons (Fsp3) is 1.00. The molecule has 1 aliphatic rings. The summed E-state index contributed by atoms with van der Waals surface area (Å²) in [4.78, 5) is 0. The molecule has 0 aromatic carbocycles. The van der Waals surface area contributed by atoms with Crippen molar-refractivity contribution in [2.24, 2.45) is 11.7 Å². The van der Waals surface area contributed by atoms with Gasteiger partial charge in [-0.3, -0.25) is 0 Å². The molecule has 1 saturated carbocycles. The van der Waals surface area contributed by atoms with Crippen LogP contribution in [0.5, 0.6) is 0 Å². The first-order chi connectivity index (χ1) is 4.83. The second kappa shape index (κ2) is 3.94. The minimum Gasteiger partial charge on any atom is -0.316 e. The zero-order valence-electron chi connectivity index (χ0n) is 6.77. The van der Waals surface area contributed by atoms with Crippen LogP contribution in [0.4, 0.5) is 0 Å². The van der Waals surface area contributed by atoms with Crippen LogP contribution in [-0.2, 0) is 0 Å². The highest BCUT2D eigenvalue weighted by molar-refractivity contribution is 4.76. The van der Waals surface area contributed by atoms with Crippen molar-refractivity contribution in [1.82, 2.24) is 5.32 Å². The molecule has 60 valence electrons. The van der Waals surface area contributed by atoms with Gasteiger partial charge in [0.05, 0.1) is 6.17 Å². The first-order valence-corrected chi connectivity index (χ1v) is 4.32. The molecule has 0 saturated heterocycles. The SMILES string of the molecule is CCC[C@@H](N)NCC1CC1. The average molecular weight is 142 g/mol. The predicted octanol–water partition coefficient (Wildman–Crippen LogP) is 1.07. The van der Waals surface area contributed by atoms with Gasteiger partial charge in [-0.15, -0.1) is 0 Å².